The molecule has 7 heteroatoms. The molecule has 0 spiro atoms. The van der Waals surface area contributed by atoms with E-state index in [9.17, 15) is 13.2 Å². The molecule has 2 aliphatic rings. The minimum atomic E-state index is -3.50. The molecule has 0 atom stereocenters. The third kappa shape index (κ3) is 4.02. The third-order valence-corrected chi connectivity index (χ3v) is 7.97. The normalized spacial score (nSPS) is 19.0. The van der Waals surface area contributed by atoms with Gasteiger partial charge in [-0.2, -0.15) is 4.31 Å². The van der Waals surface area contributed by atoms with Crippen molar-refractivity contribution in [2.45, 2.75) is 30.1 Å². The van der Waals surface area contributed by atoms with Gasteiger partial charge in [-0.25, -0.2) is 13.2 Å². The number of aryl methyl sites for hydroxylation is 1. The van der Waals surface area contributed by atoms with Gasteiger partial charge in [-0.05, 0) is 43.0 Å². The second kappa shape index (κ2) is 7.80. The molecule has 1 N–H and O–H groups in total. The van der Waals surface area contributed by atoms with Crippen LogP contribution in [0.3, 0.4) is 0 Å². The second-order valence-corrected chi connectivity index (χ2v) is 9.90. The molecule has 1 saturated heterocycles. The van der Waals surface area contributed by atoms with Crippen molar-refractivity contribution >= 4 is 16.1 Å². The number of carbonyl (C=O) groups is 1. The molecule has 0 bridgehead atoms. The summed E-state index contributed by atoms with van der Waals surface area (Å²) < 4.78 is 26.9. The Kier molecular flexibility index (Phi) is 5.36. The van der Waals surface area contributed by atoms with Crippen LogP contribution in [0.25, 0.3) is 0 Å². The Morgan fingerprint density at radius 2 is 1.59 bits per heavy atom. The quantitative estimate of drug-likeness (QED) is 0.819. The highest BCUT2D eigenvalue weighted by Gasteiger charge is 2.45. The fraction of sp³-hybridized carbons (Fsp3) is 0.409. The first kappa shape index (κ1) is 19.9. The van der Waals surface area contributed by atoms with Gasteiger partial charge in [-0.3, -0.25) is 0 Å². The van der Waals surface area contributed by atoms with E-state index in [4.69, 9.17) is 0 Å². The van der Waals surface area contributed by atoms with Gasteiger partial charge in [-0.1, -0.05) is 42.5 Å². The lowest BCUT2D eigenvalue weighted by Gasteiger charge is -2.34. The number of piperazine rings is 1. The molecule has 29 heavy (non-hydrogen) atoms. The molecule has 6 nitrogen and oxygen atoms in total. The van der Waals surface area contributed by atoms with E-state index in [1.165, 1.54) is 15.4 Å². The summed E-state index contributed by atoms with van der Waals surface area (Å²) in [4.78, 5) is 14.7. The van der Waals surface area contributed by atoms with Gasteiger partial charge in [0.05, 0.1) is 4.90 Å². The number of hydrogen-bond donors (Lipinski definition) is 1. The van der Waals surface area contributed by atoms with E-state index in [0.717, 1.165) is 12.8 Å². The number of nitrogens with zero attached hydrogens (tertiary/aromatic N) is 2. The molecule has 2 aromatic rings. The van der Waals surface area contributed by atoms with E-state index in [1.807, 2.05) is 6.07 Å². The third-order valence-electron chi connectivity index (χ3n) is 6.05. The van der Waals surface area contributed by atoms with Crippen molar-refractivity contribution in [2.75, 3.05) is 32.7 Å². The van der Waals surface area contributed by atoms with Crippen LogP contribution >= 0.6 is 0 Å². The summed E-state index contributed by atoms with van der Waals surface area (Å²) in [5.74, 6) is 0. The molecule has 1 aliphatic heterocycles. The molecule has 1 heterocycles. The SMILES string of the molecule is Cc1ccccc1C1(CNC(=O)N2CCN(S(=O)(=O)c3ccccc3)CC2)CC1. The highest BCUT2D eigenvalue weighted by atomic mass is 32.2. The van der Waals surface area contributed by atoms with Crippen LogP contribution in [0.2, 0.25) is 0 Å². The minimum absolute atomic E-state index is 0.0550. The van der Waals surface area contributed by atoms with E-state index in [2.05, 4.69) is 30.4 Å². The molecule has 4 rings (SSSR count). The topological polar surface area (TPSA) is 69.7 Å². The molecule has 2 fully saturated rings. The van der Waals surface area contributed by atoms with Gasteiger partial charge in [0.25, 0.3) is 0 Å². The number of nitrogens with one attached hydrogen (secondary N) is 1. The zero-order chi connectivity index (χ0) is 20.5. The van der Waals surface area contributed by atoms with Gasteiger partial charge in [0.2, 0.25) is 10.0 Å². The summed E-state index contributed by atoms with van der Waals surface area (Å²) in [7, 11) is -3.50. The first-order valence-electron chi connectivity index (χ1n) is 10.1. The Bertz CT molecular complexity index is 979. The van der Waals surface area contributed by atoms with Crippen molar-refractivity contribution in [3.8, 4) is 0 Å². The fourth-order valence-electron chi connectivity index (χ4n) is 4.09. The molecular formula is C22H27N3O3S. The van der Waals surface area contributed by atoms with Crippen molar-refractivity contribution < 1.29 is 13.2 Å². The Morgan fingerprint density at radius 3 is 2.21 bits per heavy atom. The van der Waals surface area contributed by atoms with Gasteiger partial charge in [-0.15, -0.1) is 0 Å². The predicted octanol–water partition coefficient (Wildman–Crippen LogP) is 2.74. The van der Waals surface area contributed by atoms with Gasteiger partial charge >= 0.3 is 6.03 Å². The first-order chi connectivity index (χ1) is 13.9. The Balaban J connectivity index is 1.33. The van der Waals surface area contributed by atoms with Crippen LogP contribution < -0.4 is 5.32 Å². The minimum Gasteiger partial charge on any atom is -0.337 e. The maximum atomic E-state index is 12.7. The lowest BCUT2D eigenvalue weighted by Crippen LogP contribution is -2.53. The van der Waals surface area contributed by atoms with Gasteiger partial charge in [0, 0.05) is 38.1 Å². The highest BCUT2D eigenvalue weighted by Crippen LogP contribution is 2.48. The van der Waals surface area contributed by atoms with E-state index in [-0.39, 0.29) is 11.4 Å². The Morgan fingerprint density at radius 1 is 0.966 bits per heavy atom. The second-order valence-electron chi connectivity index (χ2n) is 7.96. The Labute approximate surface area is 172 Å². The molecule has 154 valence electrons. The smallest absolute Gasteiger partial charge is 0.317 e. The number of amides is 2. The van der Waals surface area contributed by atoms with Gasteiger partial charge in [0.1, 0.15) is 0 Å². The van der Waals surface area contributed by atoms with Crippen LogP contribution in [0.4, 0.5) is 4.79 Å². The monoisotopic (exact) mass is 413 g/mol. The summed E-state index contributed by atoms with van der Waals surface area (Å²) in [6.45, 7) is 4.16. The Hall–Kier alpha value is -2.38. The molecule has 0 radical (unpaired) electrons. The fourth-order valence-corrected chi connectivity index (χ4v) is 5.53. The summed E-state index contributed by atoms with van der Waals surface area (Å²) in [5.41, 5.74) is 2.64. The van der Waals surface area contributed by atoms with Crippen LogP contribution in [0, 0.1) is 6.92 Å². The maximum Gasteiger partial charge on any atom is 0.317 e. The van der Waals surface area contributed by atoms with Gasteiger partial charge in [0.15, 0.2) is 0 Å². The van der Waals surface area contributed by atoms with Crippen molar-refractivity contribution in [1.82, 2.24) is 14.5 Å². The number of sulfonamides is 1. The van der Waals surface area contributed by atoms with Crippen molar-refractivity contribution in [2.24, 2.45) is 0 Å². The van der Waals surface area contributed by atoms with E-state index < -0.39 is 10.0 Å². The van der Waals surface area contributed by atoms with Crippen LogP contribution in [-0.2, 0) is 15.4 Å². The zero-order valence-electron chi connectivity index (χ0n) is 16.7. The van der Waals surface area contributed by atoms with Gasteiger partial charge < -0.3 is 10.2 Å². The van der Waals surface area contributed by atoms with E-state index >= 15 is 0 Å². The number of carbonyl (C=O) groups excluding carboxylic acids is 1. The number of hydrogen-bond acceptors (Lipinski definition) is 3. The van der Waals surface area contributed by atoms with Crippen LogP contribution in [0.1, 0.15) is 24.0 Å². The number of urea groups is 1. The summed E-state index contributed by atoms with van der Waals surface area (Å²) in [6.07, 6.45) is 2.17. The van der Waals surface area contributed by atoms with Crippen molar-refractivity contribution in [1.29, 1.82) is 0 Å². The van der Waals surface area contributed by atoms with Crippen LogP contribution in [0.15, 0.2) is 59.5 Å². The molecular weight excluding hydrogens is 386 g/mol. The van der Waals surface area contributed by atoms with E-state index in [0.29, 0.717) is 37.6 Å². The first-order valence-corrected chi connectivity index (χ1v) is 11.5. The van der Waals surface area contributed by atoms with Crippen LogP contribution in [0.5, 0.6) is 0 Å². The van der Waals surface area contributed by atoms with Crippen LogP contribution in [-0.4, -0.2) is 56.4 Å². The molecule has 1 saturated carbocycles. The van der Waals surface area contributed by atoms with E-state index in [1.54, 1.807) is 35.2 Å². The lowest BCUT2D eigenvalue weighted by molar-refractivity contribution is 0.171. The van der Waals surface area contributed by atoms with Crippen molar-refractivity contribution in [3.05, 3.63) is 65.7 Å². The lowest BCUT2D eigenvalue weighted by atomic mass is 9.92. The standard InChI is InChI=1S/C22H27N3O3S/c1-18-7-5-6-10-20(18)22(11-12-22)17-23-21(26)24-13-15-25(16-14-24)29(27,28)19-8-3-2-4-9-19/h2-10H,11-17H2,1H3,(H,23,26). The molecule has 2 amide bonds. The number of benzene rings is 2. The summed E-state index contributed by atoms with van der Waals surface area (Å²) >= 11 is 0. The number of rotatable bonds is 5. The average Bonchev–Trinajstić information content (AvgIpc) is 3.54. The highest BCUT2D eigenvalue weighted by molar-refractivity contribution is 7.89. The average molecular weight is 414 g/mol. The largest absolute Gasteiger partial charge is 0.337 e. The predicted molar refractivity (Wildman–Crippen MR) is 112 cm³/mol. The zero-order valence-corrected chi connectivity index (χ0v) is 17.5. The summed E-state index contributed by atoms with van der Waals surface area (Å²) in [6, 6.07) is 16.7. The molecule has 0 unspecified atom stereocenters. The van der Waals surface area contributed by atoms with Crippen molar-refractivity contribution in [3.63, 3.8) is 0 Å². The molecule has 0 aromatic heterocycles. The summed E-state index contributed by atoms with van der Waals surface area (Å²) in [5, 5.41) is 3.09. The molecule has 1 aliphatic carbocycles. The maximum absolute atomic E-state index is 12.7. The molecule has 2 aromatic carbocycles.